The molecule has 2 aliphatic heterocycles. The standard InChI is InChI=1S/C30H30N2O4/c1-2-17-32-21-24-11-6-7-12-26(24)27-30(29(32)34,20-22-9-4-3-5-10-22)31-28(36-27)23-13-15-25(16-14-23)35-19-8-18-33/h2-7,9-16,27,33H,1,8,17-21H2/t27-,30-/m1/s1. The van der Waals surface area contributed by atoms with E-state index in [0.717, 1.165) is 22.3 Å². The van der Waals surface area contributed by atoms with E-state index in [9.17, 15) is 4.79 Å². The van der Waals surface area contributed by atoms with Gasteiger partial charge in [0, 0.05) is 43.7 Å². The molecule has 0 aliphatic carbocycles. The van der Waals surface area contributed by atoms with Crippen LogP contribution in [0, 0.1) is 0 Å². The largest absolute Gasteiger partial charge is 0.494 e. The summed E-state index contributed by atoms with van der Waals surface area (Å²) in [6.07, 6.45) is 2.20. The lowest BCUT2D eigenvalue weighted by molar-refractivity contribution is -0.139. The number of hydrogen-bond acceptors (Lipinski definition) is 5. The van der Waals surface area contributed by atoms with E-state index in [2.05, 4.69) is 12.6 Å². The van der Waals surface area contributed by atoms with Crippen LogP contribution in [-0.2, 0) is 22.5 Å². The lowest BCUT2D eigenvalue weighted by Gasteiger charge is -2.32. The zero-order chi connectivity index (χ0) is 25.0. The summed E-state index contributed by atoms with van der Waals surface area (Å²) in [5, 5.41) is 8.98. The van der Waals surface area contributed by atoms with Crippen LogP contribution in [0.15, 0.2) is 96.5 Å². The Bertz CT molecular complexity index is 1260. The van der Waals surface area contributed by atoms with Crippen LogP contribution in [0.1, 0.15) is 34.8 Å². The van der Waals surface area contributed by atoms with Crippen LogP contribution in [0.5, 0.6) is 5.75 Å². The molecule has 0 bridgehead atoms. The summed E-state index contributed by atoms with van der Waals surface area (Å²) < 4.78 is 12.2. The second-order valence-corrected chi connectivity index (χ2v) is 9.12. The van der Waals surface area contributed by atoms with Crippen molar-refractivity contribution in [2.45, 2.75) is 31.0 Å². The zero-order valence-electron chi connectivity index (χ0n) is 20.2. The van der Waals surface area contributed by atoms with E-state index >= 15 is 0 Å². The molecule has 0 spiro atoms. The van der Waals surface area contributed by atoms with Crippen LogP contribution in [0.2, 0.25) is 0 Å². The fourth-order valence-electron chi connectivity index (χ4n) is 4.94. The molecule has 0 saturated carbocycles. The average Bonchev–Trinajstić information content (AvgIpc) is 3.26. The third-order valence-electron chi connectivity index (χ3n) is 6.66. The topological polar surface area (TPSA) is 71.4 Å². The normalized spacial score (nSPS) is 20.6. The van der Waals surface area contributed by atoms with Crippen molar-refractivity contribution >= 4 is 11.8 Å². The van der Waals surface area contributed by atoms with E-state index in [1.54, 1.807) is 6.08 Å². The minimum atomic E-state index is -1.14. The lowest BCUT2D eigenvalue weighted by Crippen LogP contribution is -2.49. The summed E-state index contributed by atoms with van der Waals surface area (Å²) in [5.74, 6) is 1.09. The number of hydrogen-bond donors (Lipinski definition) is 1. The molecule has 2 aliphatic rings. The first-order chi connectivity index (χ1) is 17.6. The minimum absolute atomic E-state index is 0.0635. The SMILES string of the molecule is C=CCN1Cc2ccccc2[C@H]2OC(c3ccc(OCCCO)cc3)=N[C@@]2(Cc2ccccc2)C1=O. The summed E-state index contributed by atoms with van der Waals surface area (Å²) in [6.45, 7) is 5.33. The van der Waals surface area contributed by atoms with Crippen LogP contribution >= 0.6 is 0 Å². The highest BCUT2D eigenvalue weighted by Gasteiger charge is 2.56. The van der Waals surface area contributed by atoms with Gasteiger partial charge in [0.2, 0.25) is 5.90 Å². The molecule has 2 atom stereocenters. The molecule has 1 amide bonds. The first-order valence-corrected chi connectivity index (χ1v) is 12.3. The summed E-state index contributed by atoms with van der Waals surface area (Å²) in [6, 6.07) is 25.6. The Labute approximate surface area is 211 Å². The fraction of sp³-hybridized carbons (Fsp3) is 0.267. The molecule has 0 saturated heterocycles. The van der Waals surface area contributed by atoms with E-state index in [0.29, 0.717) is 44.2 Å². The number of rotatable bonds is 9. The Kier molecular flexibility index (Phi) is 6.87. The van der Waals surface area contributed by atoms with Crippen LogP contribution < -0.4 is 4.74 Å². The highest BCUT2D eigenvalue weighted by Crippen LogP contribution is 2.46. The van der Waals surface area contributed by atoms with Crippen molar-refractivity contribution < 1.29 is 19.4 Å². The van der Waals surface area contributed by atoms with Crippen LogP contribution in [0.4, 0.5) is 0 Å². The van der Waals surface area contributed by atoms with Gasteiger partial charge in [0.15, 0.2) is 11.6 Å². The van der Waals surface area contributed by atoms with Gasteiger partial charge in [-0.25, -0.2) is 4.99 Å². The Balaban J connectivity index is 1.59. The van der Waals surface area contributed by atoms with Gasteiger partial charge in [-0.15, -0.1) is 6.58 Å². The third kappa shape index (κ3) is 4.52. The molecule has 3 aromatic rings. The number of fused-ring (bicyclic) bond motifs is 3. The van der Waals surface area contributed by atoms with Crippen molar-refractivity contribution in [3.05, 3.63) is 114 Å². The number of ether oxygens (including phenoxy) is 2. The van der Waals surface area contributed by atoms with Gasteiger partial charge in [0.1, 0.15) is 5.75 Å². The van der Waals surface area contributed by atoms with Gasteiger partial charge in [0.25, 0.3) is 5.91 Å². The van der Waals surface area contributed by atoms with Gasteiger partial charge in [-0.2, -0.15) is 0 Å². The molecular formula is C30H30N2O4. The number of benzene rings is 3. The second kappa shape index (κ2) is 10.4. The van der Waals surface area contributed by atoms with Gasteiger partial charge < -0.3 is 19.5 Å². The fourth-order valence-corrected chi connectivity index (χ4v) is 4.94. The van der Waals surface area contributed by atoms with Crippen LogP contribution in [0.3, 0.4) is 0 Å². The third-order valence-corrected chi connectivity index (χ3v) is 6.66. The van der Waals surface area contributed by atoms with Gasteiger partial charge in [-0.1, -0.05) is 60.7 Å². The lowest BCUT2D eigenvalue weighted by atomic mass is 9.81. The van der Waals surface area contributed by atoms with E-state index in [4.69, 9.17) is 19.6 Å². The Morgan fingerprint density at radius 2 is 1.83 bits per heavy atom. The molecule has 0 aromatic heterocycles. The number of amides is 1. The van der Waals surface area contributed by atoms with E-state index in [1.807, 2.05) is 77.7 Å². The quantitative estimate of drug-likeness (QED) is 0.361. The van der Waals surface area contributed by atoms with Gasteiger partial charge >= 0.3 is 0 Å². The number of nitrogens with zero attached hydrogens (tertiary/aromatic N) is 2. The molecule has 6 nitrogen and oxygen atoms in total. The summed E-state index contributed by atoms with van der Waals surface area (Å²) >= 11 is 0. The molecular weight excluding hydrogens is 452 g/mol. The van der Waals surface area contributed by atoms with Crippen LogP contribution in [-0.4, -0.2) is 47.1 Å². The molecule has 0 fully saturated rings. The molecule has 6 heteroatoms. The summed E-state index contributed by atoms with van der Waals surface area (Å²) in [5.41, 5.74) is 2.70. The smallest absolute Gasteiger partial charge is 0.255 e. The Morgan fingerprint density at radius 3 is 2.58 bits per heavy atom. The first-order valence-electron chi connectivity index (χ1n) is 12.3. The van der Waals surface area contributed by atoms with Crippen molar-refractivity contribution in [2.24, 2.45) is 4.99 Å². The minimum Gasteiger partial charge on any atom is -0.494 e. The highest BCUT2D eigenvalue weighted by atomic mass is 16.5. The van der Waals surface area contributed by atoms with E-state index in [1.165, 1.54) is 0 Å². The van der Waals surface area contributed by atoms with Crippen molar-refractivity contribution in [1.82, 2.24) is 4.90 Å². The first kappa shape index (κ1) is 23.8. The second-order valence-electron chi connectivity index (χ2n) is 9.12. The molecule has 0 unspecified atom stereocenters. The number of aliphatic hydroxyl groups excluding tert-OH is 1. The summed E-state index contributed by atoms with van der Waals surface area (Å²) in [7, 11) is 0. The van der Waals surface area contributed by atoms with Crippen molar-refractivity contribution in [2.75, 3.05) is 19.8 Å². The number of aliphatic hydroxyl groups is 1. The van der Waals surface area contributed by atoms with Crippen LogP contribution in [0.25, 0.3) is 0 Å². The number of aliphatic imine (C=N–C) groups is 1. The predicted molar refractivity (Wildman–Crippen MR) is 139 cm³/mol. The Hall–Kier alpha value is -3.90. The average molecular weight is 483 g/mol. The number of carbonyl (C=O) groups excluding carboxylic acids is 1. The molecule has 184 valence electrons. The molecule has 36 heavy (non-hydrogen) atoms. The Morgan fingerprint density at radius 1 is 1.08 bits per heavy atom. The maximum absolute atomic E-state index is 14.2. The van der Waals surface area contributed by atoms with Crippen molar-refractivity contribution in [3.8, 4) is 5.75 Å². The summed E-state index contributed by atoms with van der Waals surface area (Å²) in [4.78, 5) is 21.1. The number of carbonyl (C=O) groups is 1. The van der Waals surface area contributed by atoms with Crippen molar-refractivity contribution in [1.29, 1.82) is 0 Å². The molecule has 1 N–H and O–H groups in total. The van der Waals surface area contributed by atoms with E-state index in [-0.39, 0.29) is 12.5 Å². The molecule has 3 aromatic carbocycles. The zero-order valence-corrected chi connectivity index (χ0v) is 20.2. The molecule has 0 radical (unpaired) electrons. The molecule has 5 rings (SSSR count). The molecule has 2 heterocycles. The van der Waals surface area contributed by atoms with Gasteiger partial charge in [0.05, 0.1) is 6.61 Å². The highest BCUT2D eigenvalue weighted by molar-refractivity contribution is 6.01. The van der Waals surface area contributed by atoms with Gasteiger partial charge in [-0.05, 0) is 35.4 Å². The van der Waals surface area contributed by atoms with E-state index < -0.39 is 11.6 Å². The predicted octanol–water partition coefficient (Wildman–Crippen LogP) is 4.48. The van der Waals surface area contributed by atoms with Gasteiger partial charge in [-0.3, -0.25) is 4.79 Å². The maximum Gasteiger partial charge on any atom is 0.255 e. The maximum atomic E-state index is 14.2. The van der Waals surface area contributed by atoms with Crippen molar-refractivity contribution in [3.63, 3.8) is 0 Å². The monoisotopic (exact) mass is 482 g/mol.